The Bertz CT molecular complexity index is 686. The van der Waals surface area contributed by atoms with Gasteiger partial charge in [0, 0.05) is 24.2 Å². The predicted molar refractivity (Wildman–Crippen MR) is 89.7 cm³/mol. The minimum atomic E-state index is -0.203. The van der Waals surface area contributed by atoms with Crippen molar-refractivity contribution in [3.05, 3.63) is 47.4 Å². The van der Waals surface area contributed by atoms with E-state index < -0.39 is 0 Å². The lowest BCUT2D eigenvalue weighted by atomic mass is 10.2. The van der Waals surface area contributed by atoms with E-state index in [2.05, 4.69) is 20.6 Å². The fourth-order valence-electron chi connectivity index (χ4n) is 2.15. The molecule has 0 spiro atoms. The molecular formula is C17H22N4O2. The number of methoxy groups -OCH3 is 1. The maximum Gasteiger partial charge on any atom is 0.270 e. The van der Waals surface area contributed by atoms with Gasteiger partial charge in [0.05, 0.1) is 7.11 Å². The number of benzene rings is 1. The molecule has 1 amide bonds. The molecule has 0 aliphatic heterocycles. The normalized spacial score (nSPS) is 10.5. The van der Waals surface area contributed by atoms with Crippen molar-refractivity contribution in [2.75, 3.05) is 12.4 Å². The summed E-state index contributed by atoms with van der Waals surface area (Å²) in [5.74, 6) is 1.76. The number of carbonyl (C=O) groups excluding carboxylic acids is 1. The zero-order valence-corrected chi connectivity index (χ0v) is 13.9. The van der Waals surface area contributed by atoms with Crippen LogP contribution in [0.15, 0.2) is 30.3 Å². The number of hydrogen-bond donors (Lipinski definition) is 2. The number of nitrogens with one attached hydrogen (secondary N) is 2. The van der Waals surface area contributed by atoms with Crippen molar-refractivity contribution in [3.63, 3.8) is 0 Å². The fraction of sp³-hybridized carbons (Fsp3) is 0.353. The van der Waals surface area contributed by atoms with Crippen LogP contribution >= 0.6 is 0 Å². The molecule has 23 heavy (non-hydrogen) atoms. The number of rotatable bonds is 6. The van der Waals surface area contributed by atoms with E-state index in [9.17, 15) is 4.79 Å². The molecule has 1 heterocycles. The van der Waals surface area contributed by atoms with E-state index in [1.54, 1.807) is 20.1 Å². The first-order valence-electron chi connectivity index (χ1n) is 7.52. The van der Waals surface area contributed by atoms with Gasteiger partial charge < -0.3 is 15.4 Å². The Hall–Kier alpha value is -2.63. The molecule has 0 saturated carbocycles. The first-order valence-corrected chi connectivity index (χ1v) is 7.52. The van der Waals surface area contributed by atoms with Crippen LogP contribution in [0.4, 0.5) is 5.82 Å². The highest BCUT2D eigenvalue weighted by Crippen LogP contribution is 2.18. The number of aromatic nitrogens is 2. The van der Waals surface area contributed by atoms with Crippen LogP contribution in [0.1, 0.15) is 35.7 Å². The van der Waals surface area contributed by atoms with Gasteiger partial charge in [-0.25, -0.2) is 9.97 Å². The SMILES string of the molecule is COc1ccccc1CNc1cc(C(=O)NC(C)C)nc(C)n1. The van der Waals surface area contributed by atoms with Crippen LogP contribution in [-0.4, -0.2) is 29.0 Å². The second-order valence-electron chi connectivity index (χ2n) is 5.48. The Morgan fingerprint density at radius 3 is 2.70 bits per heavy atom. The molecule has 0 fully saturated rings. The van der Waals surface area contributed by atoms with Crippen molar-refractivity contribution >= 4 is 11.7 Å². The highest BCUT2D eigenvalue weighted by atomic mass is 16.5. The summed E-state index contributed by atoms with van der Waals surface area (Å²) < 4.78 is 5.33. The molecule has 1 aromatic carbocycles. The lowest BCUT2D eigenvalue weighted by Gasteiger charge is -2.12. The number of aryl methyl sites for hydroxylation is 1. The van der Waals surface area contributed by atoms with Crippen molar-refractivity contribution < 1.29 is 9.53 Å². The van der Waals surface area contributed by atoms with Crippen LogP contribution in [0.3, 0.4) is 0 Å². The highest BCUT2D eigenvalue weighted by Gasteiger charge is 2.11. The number of nitrogens with zero attached hydrogens (tertiary/aromatic N) is 2. The van der Waals surface area contributed by atoms with Gasteiger partial charge in [-0.2, -0.15) is 0 Å². The van der Waals surface area contributed by atoms with Crippen molar-refractivity contribution in [1.82, 2.24) is 15.3 Å². The first kappa shape index (κ1) is 16.7. The quantitative estimate of drug-likeness (QED) is 0.857. The molecule has 6 heteroatoms. The van der Waals surface area contributed by atoms with Crippen LogP contribution in [0.2, 0.25) is 0 Å². The molecule has 0 aliphatic rings. The van der Waals surface area contributed by atoms with Crippen molar-refractivity contribution in [3.8, 4) is 5.75 Å². The monoisotopic (exact) mass is 314 g/mol. The molecule has 0 unspecified atom stereocenters. The van der Waals surface area contributed by atoms with E-state index in [-0.39, 0.29) is 11.9 Å². The smallest absolute Gasteiger partial charge is 0.270 e. The zero-order chi connectivity index (χ0) is 16.8. The van der Waals surface area contributed by atoms with Crippen LogP contribution in [0.25, 0.3) is 0 Å². The number of amides is 1. The summed E-state index contributed by atoms with van der Waals surface area (Å²) in [7, 11) is 1.64. The van der Waals surface area contributed by atoms with E-state index in [0.717, 1.165) is 11.3 Å². The van der Waals surface area contributed by atoms with Crippen LogP contribution in [-0.2, 0) is 6.54 Å². The van der Waals surface area contributed by atoms with Gasteiger partial charge in [0.1, 0.15) is 23.1 Å². The number of ether oxygens (including phenoxy) is 1. The number of carbonyl (C=O) groups is 1. The third-order valence-electron chi connectivity index (χ3n) is 3.14. The Balaban J connectivity index is 2.14. The third-order valence-corrected chi connectivity index (χ3v) is 3.14. The zero-order valence-electron chi connectivity index (χ0n) is 13.9. The van der Waals surface area contributed by atoms with Crippen molar-refractivity contribution in [2.45, 2.75) is 33.4 Å². The molecule has 2 rings (SSSR count). The van der Waals surface area contributed by atoms with Gasteiger partial charge in [0.25, 0.3) is 5.91 Å². The summed E-state index contributed by atoms with van der Waals surface area (Å²) in [6.07, 6.45) is 0. The lowest BCUT2D eigenvalue weighted by Crippen LogP contribution is -2.31. The lowest BCUT2D eigenvalue weighted by molar-refractivity contribution is 0.0937. The van der Waals surface area contributed by atoms with Gasteiger partial charge in [-0.1, -0.05) is 18.2 Å². The molecule has 2 aromatic rings. The summed E-state index contributed by atoms with van der Waals surface area (Å²) in [5.41, 5.74) is 1.37. The maximum absolute atomic E-state index is 12.1. The van der Waals surface area contributed by atoms with Crippen LogP contribution in [0, 0.1) is 6.92 Å². The van der Waals surface area contributed by atoms with E-state index in [4.69, 9.17) is 4.74 Å². The molecule has 6 nitrogen and oxygen atoms in total. The van der Waals surface area contributed by atoms with Gasteiger partial charge >= 0.3 is 0 Å². The largest absolute Gasteiger partial charge is 0.496 e. The molecule has 2 N–H and O–H groups in total. The second-order valence-corrected chi connectivity index (χ2v) is 5.48. The Labute approximate surface area is 136 Å². The van der Waals surface area contributed by atoms with E-state index >= 15 is 0 Å². The minimum Gasteiger partial charge on any atom is -0.496 e. The van der Waals surface area contributed by atoms with Gasteiger partial charge in [-0.15, -0.1) is 0 Å². The van der Waals surface area contributed by atoms with Crippen LogP contribution in [0.5, 0.6) is 5.75 Å². The van der Waals surface area contributed by atoms with Crippen molar-refractivity contribution in [1.29, 1.82) is 0 Å². The average molecular weight is 314 g/mol. The Morgan fingerprint density at radius 1 is 1.26 bits per heavy atom. The molecule has 0 bridgehead atoms. The first-order chi connectivity index (χ1) is 11.0. The van der Waals surface area contributed by atoms with Gasteiger partial charge in [-0.05, 0) is 26.8 Å². The Kier molecular flexibility index (Phi) is 5.51. The van der Waals surface area contributed by atoms with Crippen molar-refractivity contribution in [2.24, 2.45) is 0 Å². The molecule has 0 aliphatic carbocycles. The second kappa shape index (κ2) is 7.58. The summed E-state index contributed by atoms with van der Waals surface area (Å²) in [4.78, 5) is 20.6. The molecule has 0 radical (unpaired) electrons. The van der Waals surface area contributed by atoms with Gasteiger partial charge in [0.15, 0.2) is 0 Å². The maximum atomic E-state index is 12.1. The van der Waals surface area contributed by atoms with E-state index in [1.165, 1.54) is 0 Å². The summed E-state index contributed by atoms with van der Waals surface area (Å²) in [6.45, 7) is 6.13. The molecular weight excluding hydrogens is 292 g/mol. The predicted octanol–water partition coefficient (Wildman–Crippen LogP) is 2.54. The topological polar surface area (TPSA) is 76.1 Å². The standard InChI is InChI=1S/C17H22N4O2/c1-11(2)19-17(22)14-9-16(21-12(3)20-14)18-10-13-7-5-6-8-15(13)23-4/h5-9,11H,10H2,1-4H3,(H,19,22)(H,18,20,21). The number of hydrogen-bond acceptors (Lipinski definition) is 5. The number of para-hydroxylation sites is 1. The molecule has 122 valence electrons. The van der Waals surface area contributed by atoms with Crippen LogP contribution < -0.4 is 15.4 Å². The fourth-order valence-corrected chi connectivity index (χ4v) is 2.15. The molecule has 1 aromatic heterocycles. The third kappa shape index (κ3) is 4.67. The Morgan fingerprint density at radius 2 is 2.00 bits per heavy atom. The summed E-state index contributed by atoms with van der Waals surface area (Å²) >= 11 is 0. The summed E-state index contributed by atoms with van der Waals surface area (Å²) in [6, 6.07) is 9.47. The van der Waals surface area contributed by atoms with E-state index in [1.807, 2.05) is 38.1 Å². The average Bonchev–Trinajstić information content (AvgIpc) is 2.52. The van der Waals surface area contributed by atoms with E-state index in [0.29, 0.717) is 23.9 Å². The summed E-state index contributed by atoms with van der Waals surface area (Å²) in [5, 5.41) is 6.04. The number of anilines is 1. The minimum absolute atomic E-state index is 0.0581. The molecule has 0 atom stereocenters. The van der Waals surface area contributed by atoms with Gasteiger partial charge in [-0.3, -0.25) is 4.79 Å². The molecule has 0 saturated heterocycles. The van der Waals surface area contributed by atoms with Gasteiger partial charge in [0.2, 0.25) is 0 Å². The highest BCUT2D eigenvalue weighted by molar-refractivity contribution is 5.93.